The summed E-state index contributed by atoms with van der Waals surface area (Å²) < 4.78 is 4.80. The third kappa shape index (κ3) is 3.64. The molecule has 0 amide bonds. The second kappa shape index (κ2) is 6.95. The van der Waals surface area contributed by atoms with Gasteiger partial charge >= 0.3 is 5.97 Å². The molecule has 0 fully saturated rings. The van der Waals surface area contributed by atoms with Crippen LogP contribution in [0.5, 0.6) is 5.75 Å². The van der Waals surface area contributed by atoms with Gasteiger partial charge in [-0.3, -0.25) is 0 Å². The van der Waals surface area contributed by atoms with Crippen LogP contribution in [0.15, 0.2) is 55.3 Å². The van der Waals surface area contributed by atoms with Crippen molar-refractivity contribution >= 4 is 17.6 Å². The minimum atomic E-state index is -0.532. The van der Waals surface area contributed by atoms with Crippen molar-refractivity contribution < 1.29 is 14.6 Å². The minimum Gasteiger partial charge on any atom is -0.506 e. The summed E-state index contributed by atoms with van der Waals surface area (Å²) in [7, 11) is 0. The molecule has 0 unspecified atom stereocenters. The summed E-state index contributed by atoms with van der Waals surface area (Å²) in [6.45, 7) is 3.36. The van der Waals surface area contributed by atoms with Crippen molar-refractivity contribution in [3.8, 4) is 5.75 Å². The molecule has 0 bridgehead atoms. The third-order valence-electron chi connectivity index (χ3n) is 3.14. The van der Waals surface area contributed by atoms with Crippen LogP contribution in [0.2, 0.25) is 5.02 Å². The Labute approximate surface area is 128 Å². The topological polar surface area (TPSA) is 46.5 Å². The van der Waals surface area contributed by atoms with Gasteiger partial charge in [0, 0.05) is 0 Å². The SMILES string of the molecule is C=COC(=O)c1ccc(O)c(Cl)c1CCc1ccccc1. The highest BCUT2D eigenvalue weighted by molar-refractivity contribution is 6.33. The number of esters is 1. The molecule has 0 spiro atoms. The maximum atomic E-state index is 11.9. The van der Waals surface area contributed by atoms with Crippen molar-refractivity contribution in [3.05, 3.63) is 77.0 Å². The first-order valence-electron chi connectivity index (χ1n) is 6.49. The summed E-state index contributed by atoms with van der Waals surface area (Å²) in [5, 5.41) is 9.91. The Morgan fingerprint density at radius 3 is 2.57 bits per heavy atom. The molecule has 0 saturated carbocycles. The van der Waals surface area contributed by atoms with E-state index in [4.69, 9.17) is 16.3 Å². The quantitative estimate of drug-likeness (QED) is 0.667. The fourth-order valence-corrected chi connectivity index (χ4v) is 2.36. The summed E-state index contributed by atoms with van der Waals surface area (Å²) in [6.07, 6.45) is 2.31. The van der Waals surface area contributed by atoms with Crippen LogP contribution in [0.25, 0.3) is 0 Å². The second-order valence-corrected chi connectivity index (χ2v) is 4.86. The van der Waals surface area contributed by atoms with Gasteiger partial charge in [-0.05, 0) is 36.1 Å². The van der Waals surface area contributed by atoms with E-state index in [1.807, 2.05) is 30.3 Å². The lowest BCUT2D eigenvalue weighted by Gasteiger charge is -2.11. The molecule has 2 aromatic rings. The first-order chi connectivity index (χ1) is 10.1. The monoisotopic (exact) mass is 302 g/mol. The molecular weight excluding hydrogens is 288 g/mol. The van der Waals surface area contributed by atoms with Crippen LogP contribution < -0.4 is 0 Å². The Morgan fingerprint density at radius 2 is 1.90 bits per heavy atom. The van der Waals surface area contributed by atoms with Crippen LogP contribution in [-0.4, -0.2) is 11.1 Å². The minimum absolute atomic E-state index is 0.0464. The average molecular weight is 303 g/mol. The van der Waals surface area contributed by atoms with Gasteiger partial charge in [0.15, 0.2) is 0 Å². The standard InChI is InChI=1S/C17H15ClO3/c1-2-21-17(20)14-10-11-15(19)16(18)13(14)9-8-12-6-4-3-5-7-12/h2-7,10-11,19H,1,8-9H2. The molecule has 1 N–H and O–H groups in total. The van der Waals surface area contributed by atoms with Crippen LogP contribution in [0.3, 0.4) is 0 Å². The van der Waals surface area contributed by atoms with E-state index in [-0.39, 0.29) is 10.8 Å². The van der Waals surface area contributed by atoms with Crippen LogP contribution in [0.4, 0.5) is 0 Å². The number of hydrogen-bond donors (Lipinski definition) is 1. The number of aryl methyl sites for hydroxylation is 1. The first-order valence-corrected chi connectivity index (χ1v) is 6.87. The van der Waals surface area contributed by atoms with Crippen molar-refractivity contribution in [1.29, 1.82) is 0 Å². The lowest BCUT2D eigenvalue weighted by atomic mass is 9.99. The second-order valence-electron chi connectivity index (χ2n) is 4.48. The van der Waals surface area contributed by atoms with E-state index < -0.39 is 5.97 Å². The van der Waals surface area contributed by atoms with Gasteiger partial charge in [-0.2, -0.15) is 0 Å². The van der Waals surface area contributed by atoms with Gasteiger partial charge in [0.2, 0.25) is 0 Å². The molecule has 0 aliphatic heterocycles. The van der Waals surface area contributed by atoms with E-state index in [1.165, 1.54) is 12.1 Å². The zero-order valence-electron chi connectivity index (χ0n) is 11.4. The maximum absolute atomic E-state index is 11.9. The number of hydrogen-bond acceptors (Lipinski definition) is 3. The zero-order valence-corrected chi connectivity index (χ0v) is 12.1. The Morgan fingerprint density at radius 1 is 1.19 bits per heavy atom. The number of carbonyl (C=O) groups excluding carboxylic acids is 1. The summed E-state index contributed by atoms with van der Waals surface area (Å²) in [4.78, 5) is 11.9. The van der Waals surface area contributed by atoms with Gasteiger partial charge in [-0.15, -0.1) is 0 Å². The van der Waals surface area contributed by atoms with E-state index in [0.717, 1.165) is 11.8 Å². The van der Waals surface area contributed by atoms with E-state index in [1.54, 1.807) is 0 Å². The number of phenols is 1. The summed E-state index contributed by atoms with van der Waals surface area (Å²) in [5.41, 5.74) is 2.04. The predicted octanol–water partition coefficient (Wildman–Crippen LogP) is 4.13. The fraction of sp³-hybridized carbons (Fsp3) is 0.118. The van der Waals surface area contributed by atoms with Gasteiger partial charge in [0.1, 0.15) is 5.75 Å². The van der Waals surface area contributed by atoms with Crippen LogP contribution in [0, 0.1) is 0 Å². The highest BCUT2D eigenvalue weighted by atomic mass is 35.5. The number of halogens is 1. The van der Waals surface area contributed by atoms with Crippen molar-refractivity contribution in [3.63, 3.8) is 0 Å². The number of benzene rings is 2. The number of rotatable bonds is 5. The van der Waals surface area contributed by atoms with Crippen molar-refractivity contribution in [2.75, 3.05) is 0 Å². The number of phenolic OH excluding ortho intramolecular Hbond substituents is 1. The molecule has 108 valence electrons. The third-order valence-corrected chi connectivity index (χ3v) is 3.56. The first kappa shape index (κ1) is 15.1. The molecule has 4 heteroatoms. The van der Waals surface area contributed by atoms with Crippen molar-refractivity contribution in [2.45, 2.75) is 12.8 Å². The van der Waals surface area contributed by atoms with Crippen molar-refractivity contribution in [1.82, 2.24) is 0 Å². The molecule has 0 aromatic heterocycles. The van der Waals surface area contributed by atoms with E-state index in [0.29, 0.717) is 24.0 Å². The zero-order chi connectivity index (χ0) is 15.2. The van der Waals surface area contributed by atoms with Gasteiger partial charge in [0.05, 0.1) is 16.8 Å². The maximum Gasteiger partial charge on any atom is 0.343 e. The predicted molar refractivity (Wildman–Crippen MR) is 82.6 cm³/mol. The Balaban J connectivity index is 2.29. The Hall–Kier alpha value is -2.26. The molecule has 0 aliphatic carbocycles. The van der Waals surface area contributed by atoms with Crippen LogP contribution >= 0.6 is 11.6 Å². The highest BCUT2D eigenvalue weighted by Crippen LogP contribution is 2.31. The molecular formula is C17H15ClO3. The Kier molecular flexibility index (Phi) is 5.01. The van der Waals surface area contributed by atoms with Crippen molar-refractivity contribution in [2.24, 2.45) is 0 Å². The molecule has 21 heavy (non-hydrogen) atoms. The Bertz CT molecular complexity index is 651. The molecule has 0 saturated heterocycles. The molecule has 2 aromatic carbocycles. The normalized spacial score (nSPS) is 10.1. The highest BCUT2D eigenvalue weighted by Gasteiger charge is 2.17. The summed E-state index contributed by atoms with van der Waals surface area (Å²) in [5.74, 6) is -0.579. The van der Waals surface area contributed by atoms with Gasteiger partial charge in [0.25, 0.3) is 0 Å². The summed E-state index contributed by atoms with van der Waals surface area (Å²) in [6, 6.07) is 12.7. The molecule has 3 nitrogen and oxygen atoms in total. The molecule has 0 heterocycles. The van der Waals surface area contributed by atoms with Gasteiger partial charge < -0.3 is 9.84 Å². The number of aromatic hydroxyl groups is 1. The smallest absolute Gasteiger partial charge is 0.343 e. The number of carbonyl (C=O) groups is 1. The largest absolute Gasteiger partial charge is 0.506 e. The fourth-order valence-electron chi connectivity index (χ4n) is 2.10. The van der Waals surface area contributed by atoms with Gasteiger partial charge in [-0.1, -0.05) is 48.5 Å². The molecule has 0 radical (unpaired) electrons. The van der Waals surface area contributed by atoms with Gasteiger partial charge in [-0.25, -0.2) is 4.79 Å². The number of ether oxygens (including phenoxy) is 1. The van der Waals surface area contributed by atoms with E-state index >= 15 is 0 Å². The lowest BCUT2D eigenvalue weighted by molar-refractivity contribution is 0.0663. The average Bonchev–Trinajstić information content (AvgIpc) is 2.50. The van der Waals surface area contributed by atoms with Crippen LogP contribution in [-0.2, 0) is 17.6 Å². The lowest BCUT2D eigenvalue weighted by Crippen LogP contribution is -2.07. The van der Waals surface area contributed by atoms with E-state index in [2.05, 4.69) is 6.58 Å². The van der Waals surface area contributed by atoms with Crippen LogP contribution in [0.1, 0.15) is 21.5 Å². The molecule has 0 atom stereocenters. The summed E-state index contributed by atoms with van der Waals surface area (Å²) >= 11 is 6.13. The molecule has 0 aliphatic rings. The molecule has 2 rings (SSSR count). The van der Waals surface area contributed by atoms with E-state index in [9.17, 15) is 9.90 Å².